The van der Waals surface area contributed by atoms with Crippen molar-refractivity contribution in [1.82, 2.24) is 10.2 Å². The molecule has 1 N–H and O–H groups in total. The summed E-state index contributed by atoms with van der Waals surface area (Å²) >= 11 is 0. The lowest BCUT2D eigenvalue weighted by Gasteiger charge is -2.24. The Morgan fingerprint density at radius 3 is 2.62 bits per heavy atom. The van der Waals surface area contributed by atoms with Crippen LogP contribution >= 0.6 is 0 Å². The van der Waals surface area contributed by atoms with E-state index in [-0.39, 0.29) is 30.7 Å². The first kappa shape index (κ1) is 19.8. The van der Waals surface area contributed by atoms with Crippen LogP contribution in [0.3, 0.4) is 0 Å². The van der Waals surface area contributed by atoms with Crippen LogP contribution in [0, 0.1) is 5.82 Å². The number of carbonyl (C=O) groups is 2. The van der Waals surface area contributed by atoms with Crippen molar-refractivity contribution >= 4 is 11.8 Å². The van der Waals surface area contributed by atoms with Gasteiger partial charge in [0.25, 0.3) is 5.91 Å². The molecule has 0 aliphatic carbocycles. The number of likely N-dealkylation sites (N-methyl/N-ethyl adjacent to an activating group) is 1. The van der Waals surface area contributed by atoms with Gasteiger partial charge in [0.1, 0.15) is 11.9 Å². The van der Waals surface area contributed by atoms with Crippen LogP contribution in [-0.2, 0) is 20.9 Å². The average molecular weight is 336 g/mol. The van der Waals surface area contributed by atoms with Gasteiger partial charge in [-0.25, -0.2) is 4.39 Å². The quantitative estimate of drug-likeness (QED) is 0.527. The first-order chi connectivity index (χ1) is 11.5. The van der Waals surface area contributed by atoms with Crippen molar-refractivity contribution in [3.8, 4) is 0 Å². The summed E-state index contributed by atoms with van der Waals surface area (Å²) in [5, 5.41) is 2.72. The number of amides is 2. The van der Waals surface area contributed by atoms with Gasteiger partial charge in [-0.3, -0.25) is 9.59 Å². The predicted molar refractivity (Wildman–Crippen MR) is 90.7 cm³/mol. The van der Waals surface area contributed by atoms with Crippen molar-refractivity contribution in [2.75, 3.05) is 19.7 Å². The van der Waals surface area contributed by atoms with Crippen molar-refractivity contribution in [2.45, 2.75) is 32.9 Å². The van der Waals surface area contributed by atoms with E-state index < -0.39 is 6.10 Å². The molecule has 1 rings (SSSR count). The van der Waals surface area contributed by atoms with Gasteiger partial charge in [-0.1, -0.05) is 18.2 Å². The molecule has 0 aliphatic rings. The Bertz CT molecular complexity index is 546. The second-order valence-electron chi connectivity index (χ2n) is 5.35. The third-order valence-corrected chi connectivity index (χ3v) is 3.47. The fraction of sp³-hybridized carbons (Fsp3) is 0.444. The molecule has 0 spiro atoms. The van der Waals surface area contributed by atoms with E-state index in [1.807, 2.05) is 6.92 Å². The fourth-order valence-electron chi connectivity index (χ4n) is 2.03. The summed E-state index contributed by atoms with van der Waals surface area (Å²) in [7, 11) is 0. The van der Waals surface area contributed by atoms with Crippen molar-refractivity contribution in [2.24, 2.45) is 0 Å². The maximum Gasteiger partial charge on any atom is 0.251 e. The van der Waals surface area contributed by atoms with Crippen LogP contribution in [0.15, 0.2) is 36.9 Å². The van der Waals surface area contributed by atoms with Crippen molar-refractivity contribution in [3.05, 3.63) is 48.3 Å². The van der Waals surface area contributed by atoms with Crippen LogP contribution in [0.1, 0.15) is 25.8 Å². The molecular formula is C18H25FN2O3. The molecule has 0 saturated carbocycles. The zero-order valence-electron chi connectivity index (χ0n) is 14.3. The lowest BCUT2D eigenvalue weighted by Crippen LogP contribution is -2.44. The lowest BCUT2D eigenvalue weighted by atomic mass is 10.2. The van der Waals surface area contributed by atoms with Crippen LogP contribution in [-0.4, -0.2) is 42.5 Å². The first-order valence-corrected chi connectivity index (χ1v) is 8.00. The molecule has 0 heterocycles. The topological polar surface area (TPSA) is 58.6 Å². The Morgan fingerprint density at radius 1 is 1.38 bits per heavy atom. The maximum atomic E-state index is 12.8. The molecule has 1 unspecified atom stereocenters. The minimum absolute atomic E-state index is 0.0360. The highest BCUT2D eigenvalue weighted by Gasteiger charge is 2.21. The molecule has 0 aromatic heterocycles. The van der Waals surface area contributed by atoms with E-state index in [2.05, 4.69) is 11.9 Å². The Balaban J connectivity index is 2.45. The highest BCUT2D eigenvalue weighted by atomic mass is 19.1. The van der Waals surface area contributed by atoms with E-state index in [0.717, 1.165) is 5.56 Å². The Labute approximate surface area is 142 Å². The van der Waals surface area contributed by atoms with Crippen LogP contribution in [0.4, 0.5) is 4.39 Å². The summed E-state index contributed by atoms with van der Waals surface area (Å²) in [6.07, 6.45) is 1.79. The minimum Gasteiger partial charge on any atom is -0.368 e. The number of rotatable bonds is 10. The Hall–Kier alpha value is -2.21. The summed E-state index contributed by atoms with van der Waals surface area (Å²) < 4.78 is 18.2. The second kappa shape index (κ2) is 10.5. The molecule has 2 amide bonds. The summed E-state index contributed by atoms with van der Waals surface area (Å²) in [5.74, 6) is -0.815. The van der Waals surface area contributed by atoms with Gasteiger partial charge >= 0.3 is 0 Å². The first-order valence-electron chi connectivity index (χ1n) is 8.00. The Morgan fingerprint density at radius 2 is 2.04 bits per heavy atom. The van der Waals surface area contributed by atoms with Gasteiger partial charge in [-0.15, -0.1) is 6.58 Å². The molecule has 0 saturated heterocycles. The van der Waals surface area contributed by atoms with E-state index in [9.17, 15) is 14.0 Å². The van der Waals surface area contributed by atoms with Crippen molar-refractivity contribution in [3.63, 3.8) is 0 Å². The van der Waals surface area contributed by atoms with Crippen LogP contribution in [0.2, 0.25) is 0 Å². The number of halogens is 1. The molecular weight excluding hydrogens is 311 g/mol. The number of hydrogen-bond donors (Lipinski definition) is 1. The molecule has 1 aromatic carbocycles. The largest absolute Gasteiger partial charge is 0.368 e. The van der Waals surface area contributed by atoms with E-state index in [1.54, 1.807) is 25.1 Å². The lowest BCUT2D eigenvalue weighted by molar-refractivity contribution is -0.145. The van der Waals surface area contributed by atoms with Gasteiger partial charge in [-0.05, 0) is 38.0 Å². The van der Waals surface area contributed by atoms with Crippen molar-refractivity contribution < 1.29 is 18.7 Å². The van der Waals surface area contributed by atoms with Gasteiger partial charge in [0.2, 0.25) is 5.91 Å². The highest BCUT2D eigenvalue weighted by Crippen LogP contribution is 2.03. The molecule has 132 valence electrons. The fourth-order valence-corrected chi connectivity index (χ4v) is 2.03. The predicted octanol–water partition coefficient (Wildman–Crippen LogP) is 2.27. The third kappa shape index (κ3) is 6.91. The number of hydrogen-bond acceptors (Lipinski definition) is 3. The van der Waals surface area contributed by atoms with E-state index >= 15 is 0 Å². The molecule has 0 bridgehead atoms. The molecule has 5 nitrogen and oxygen atoms in total. The summed E-state index contributed by atoms with van der Waals surface area (Å²) in [4.78, 5) is 25.7. The molecule has 0 aliphatic heterocycles. The zero-order chi connectivity index (χ0) is 17.9. The Kier molecular flexibility index (Phi) is 8.71. The van der Waals surface area contributed by atoms with E-state index in [0.29, 0.717) is 19.6 Å². The van der Waals surface area contributed by atoms with Gasteiger partial charge in [0, 0.05) is 13.1 Å². The molecule has 0 radical (unpaired) electrons. The molecule has 0 fully saturated rings. The SMILES string of the molecule is C=CCCOC(C)C(=O)N(CC)CC(=O)NCc1ccc(F)cc1. The molecule has 24 heavy (non-hydrogen) atoms. The zero-order valence-corrected chi connectivity index (χ0v) is 14.3. The summed E-state index contributed by atoms with van der Waals surface area (Å²) in [5.41, 5.74) is 0.792. The van der Waals surface area contributed by atoms with Crippen molar-refractivity contribution in [1.29, 1.82) is 0 Å². The number of benzene rings is 1. The third-order valence-electron chi connectivity index (χ3n) is 3.47. The summed E-state index contributed by atoms with van der Waals surface area (Å²) in [6.45, 7) is 8.16. The van der Waals surface area contributed by atoms with E-state index in [4.69, 9.17) is 4.74 Å². The number of carbonyl (C=O) groups excluding carboxylic acids is 2. The number of ether oxygens (including phenoxy) is 1. The van der Waals surface area contributed by atoms with E-state index in [1.165, 1.54) is 17.0 Å². The molecule has 1 aromatic rings. The van der Waals surface area contributed by atoms with Crippen LogP contribution in [0.5, 0.6) is 0 Å². The number of nitrogens with one attached hydrogen (secondary N) is 1. The molecule has 6 heteroatoms. The van der Waals surface area contributed by atoms with Gasteiger partial charge in [-0.2, -0.15) is 0 Å². The standard InChI is InChI=1S/C18H25FN2O3/c1-4-6-11-24-14(3)18(23)21(5-2)13-17(22)20-12-15-7-9-16(19)10-8-15/h4,7-10,14H,1,5-6,11-13H2,2-3H3,(H,20,22). The van der Waals surface area contributed by atoms with Crippen LogP contribution in [0.25, 0.3) is 0 Å². The second-order valence-corrected chi connectivity index (χ2v) is 5.35. The average Bonchev–Trinajstić information content (AvgIpc) is 2.58. The normalized spacial score (nSPS) is 11.6. The van der Waals surface area contributed by atoms with Gasteiger partial charge < -0.3 is 15.0 Å². The minimum atomic E-state index is -0.602. The van der Waals surface area contributed by atoms with Gasteiger partial charge in [0.05, 0.1) is 13.2 Å². The monoisotopic (exact) mass is 336 g/mol. The van der Waals surface area contributed by atoms with Crippen LogP contribution < -0.4 is 5.32 Å². The maximum absolute atomic E-state index is 12.8. The summed E-state index contributed by atoms with van der Waals surface area (Å²) in [6, 6.07) is 5.89. The number of nitrogens with zero attached hydrogens (tertiary/aromatic N) is 1. The van der Waals surface area contributed by atoms with Gasteiger partial charge in [0.15, 0.2) is 0 Å². The molecule has 1 atom stereocenters. The highest BCUT2D eigenvalue weighted by molar-refractivity contribution is 5.86. The smallest absolute Gasteiger partial charge is 0.251 e.